The summed E-state index contributed by atoms with van der Waals surface area (Å²) in [6, 6.07) is 4.75. The van der Waals surface area contributed by atoms with Crippen LogP contribution in [-0.4, -0.2) is 60.1 Å². The van der Waals surface area contributed by atoms with E-state index in [4.69, 9.17) is 4.74 Å². The topological polar surface area (TPSA) is 114 Å². The van der Waals surface area contributed by atoms with Crippen molar-refractivity contribution < 1.29 is 28.7 Å². The largest absolute Gasteiger partial charge is 0.468 e. The Morgan fingerprint density at radius 2 is 1.76 bits per heavy atom. The molecule has 2 N–H and O–H groups in total. The molecular formula is C28H43N3O6. The van der Waals surface area contributed by atoms with Crippen molar-refractivity contribution in [2.45, 2.75) is 85.0 Å². The highest BCUT2D eigenvalue weighted by Crippen LogP contribution is 2.28. The molecule has 9 heteroatoms. The number of hydrogen-bond acceptors (Lipinski definition) is 6. The Kier molecular flexibility index (Phi) is 12.3. The summed E-state index contributed by atoms with van der Waals surface area (Å²) < 4.78 is 10.1. The quantitative estimate of drug-likeness (QED) is 0.401. The van der Waals surface area contributed by atoms with Crippen molar-refractivity contribution in [1.82, 2.24) is 15.5 Å². The molecule has 0 aliphatic rings. The van der Waals surface area contributed by atoms with Crippen LogP contribution < -0.4 is 10.6 Å². The van der Waals surface area contributed by atoms with Crippen LogP contribution in [0.2, 0.25) is 0 Å². The van der Waals surface area contributed by atoms with Gasteiger partial charge in [0.15, 0.2) is 0 Å². The molecule has 0 fully saturated rings. The Hall–Kier alpha value is -3.36. The van der Waals surface area contributed by atoms with Gasteiger partial charge in [0.1, 0.15) is 24.2 Å². The van der Waals surface area contributed by atoms with Crippen molar-refractivity contribution in [3.8, 4) is 0 Å². The fraction of sp³-hybridized carbons (Fsp3) is 0.571. The Bertz CT molecular complexity index is 955. The molecule has 206 valence electrons. The van der Waals surface area contributed by atoms with Crippen LogP contribution in [0.25, 0.3) is 6.08 Å². The van der Waals surface area contributed by atoms with Gasteiger partial charge in [0.2, 0.25) is 11.8 Å². The lowest BCUT2D eigenvalue weighted by atomic mass is 9.94. The summed E-state index contributed by atoms with van der Waals surface area (Å²) >= 11 is 0. The third kappa shape index (κ3) is 9.55. The second-order valence-electron chi connectivity index (χ2n) is 10.1. The summed E-state index contributed by atoms with van der Waals surface area (Å²) in [6.07, 6.45) is 2.09. The van der Waals surface area contributed by atoms with Crippen LogP contribution in [0.3, 0.4) is 0 Å². The lowest BCUT2D eigenvalue weighted by Crippen LogP contribution is -2.57. The van der Waals surface area contributed by atoms with Gasteiger partial charge in [-0.1, -0.05) is 58.0 Å². The van der Waals surface area contributed by atoms with Gasteiger partial charge in [0.05, 0.1) is 7.11 Å². The molecule has 9 nitrogen and oxygen atoms in total. The van der Waals surface area contributed by atoms with Gasteiger partial charge in [-0.2, -0.15) is 0 Å². The highest BCUT2D eigenvalue weighted by molar-refractivity contribution is 5.93. The molecule has 0 bridgehead atoms. The molecule has 0 aliphatic heterocycles. The summed E-state index contributed by atoms with van der Waals surface area (Å²) in [5, 5.41) is 5.33. The summed E-state index contributed by atoms with van der Waals surface area (Å²) in [5.41, 5.74) is 0.573. The summed E-state index contributed by atoms with van der Waals surface area (Å²) in [5.74, 6) is -1.82. The fourth-order valence-corrected chi connectivity index (χ4v) is 3.70. The van der Waals surface area contributed by atoms with Gasteiger partial charge in [0, 0.05) is 6.04 Å². The Labute approximate surface area is 221 Å². The van der Waals surface area contributed by atoms with Crippen molar-refractivity contribution in [1.29, 1.82) is 0 Å². The van der Waals surface area contributed by atoms with E-state index >= 15 is 0 Å². The normalized spacial score (nSPS) is 14.4. The smallest absolute Gasteiger partial charge is 0.408 e. The zero-order valence-corrected chi connectivity index (χ0v) is 23.4. The maximum atomic E-state index is 14.2. The number of carbonyl (C=O) groups is 4. The van der Waals surface area contributed by atoms with Crippen LogP contribution in [-0.2, 0) is 23.9 Å². The van der Waals surface area contributed by atoms with E-state index in [0.29, 0.717) is 18.4 Å². The van der Waals surface area contributed by atoms with Gasteiger partial charge in [-0.15, -0.1) is 0 Å². The van der Waals surface area contributed by atoms with E-state index in [1.54, 1.807) is 45.0 Å². The number of rotatable bonds is 12. The van der Waals surface area contributed by atoms with E-state index < -0.39 is 41.6 Å². The minimum absolute atomic E-state index is 0.245. The molecule has 4 atom stereocenters. The number of benzene rings is 1. The first-order valence-electron chi connectivity index (χ1n) is 12.7. The van der Waals surface area contributed by atoms with Crippen LogP contribution in [0, 0.1) is 5.92 Å². The lowest BCUT2D eigenvalue weighted by molar-refractivity contribution is -0.147. The van der Waals surface area contributed by atoms with Crippen LogP contribution >= 0.6 is 0 Å². The van der Waals surface area contributed by atoms with E-state index in [-0.39, 0.29) is 18.5 Å². The number of hydrogen-bond donors (Lipinski definition) is 2. The number of nitrogens with one attached hydrogen (secondary N) is 2. The maximum Gasteiger partial charge on any atom is 0.408 e. The minimum atomic E-state index is -1.07. The molecule has 37 heavy (non-hydrogen) atoms. The third-order valence-electron chi connectivity index (χ3n) is 6.09. The molecular weight excluding hydrogens is 474 g/mol. The van der Waals surface area contributed by atoms with E-state index in [0.717, 1.165) is 5.56 Å². The van der Waals surface area contributed by atoms with Crippen LogP contribution in [0.15, 0.2) is 30.8 Å². The van der Waals surface area contributed by atoms with Crippen molar-refractivity contribution in [2.24, 2.45) is 5.92 Å². The highest BCUT2D eigenvalue weighted by atomic mass is 16.6. The second kappa shape index (κ2) is 14.4. The van der Waals surface area contributed by atoms with E-state index in [2.05, 4.69) is 21.9 Å². The summed E-state index contributed by atoms with van der Waals surface area (Å²) in [7, 11) is 1.23. The standard InChI is InChI=1S/C28H43N3O6/c1-10-18(4)23(30-27(35)37-28(6,7)8)26(34)31(19(5)11-2)24(25(33)29-17-22(32)36-9)21-15-13-14-20(12-3)16-21/h12-16,18-19,23-24H,3,10-11,17H2,1-2,4-9H3,(H,29,33)(H,30,35). The number of amides is 3. The van der Waals surface area contributed by atoms with Crippen LogP contribution in [0.4, 0.5) is 4.79 Å². The molecule has 0 saturated heterocycles. The van der Waals surface area contributed by atoms with Crippen molar-refractivity contribution in [2.75, 3.05) is 13.7 Å². The summed E-state index contributed by atoms with van der Waals surface area (Å²) in [4.78, 5) is 53.6. The summed E-state index contributed by atoms with van der Waals surface area (Å²) in [6.45, 7) is 16.2. The average molecular weight is 518 g/mol. The van der Waals surface area contributed by atoms with Gasteiger partial charge >= 0.3 is 12.1 Å². The molecule has 0 radical (unpaired) electrons. The molecule has 0 aliphatic carbocycles. The molecule has 1 aromatic rings. The van der Waals surface area contributed by atoms with E-state index in [9.17, 15) is 19.2 Å². The number of ether oxygens (including phenoxy) is 2. The van der Waals surface area contributed by atoms with E-state index in [1.165, 1.54) is 12.0 Å². The van der Waals surface area contributed by atoms with Crippen LogP contribution in [0.5, 0.6) is 0 Å². The SMILES string of the molecule is C=Cc1cccc(C(C(=O)NCC(=O)OC)N(C(=O)C(NC(=O)OC(C)(C)C)C(C)CC)C(C)CC)c1. The molecule has 3 amide bonds. The van der Waals surface area contributed by atoms with Gasteiger partial charge in [-0.05, 0) is 57.2 Å². The van der Waals surface area contributed by atoms with Gasteiger partial charge in [-0.3, -0.25) is 14.4 Å². The Morgan fingerprint density at radius 3 is 2.27 bits per heavy atom. The molecule has 1 aromatic carbocycles. The van der Waals surface area contributed by atoms with Crippen molar-refractivity contribution >= 4 is 30.0 Å². The predicted octanol–water partition coefficient (Wildman–Crippen LogP) is 4.23. The fourth-order valence-electron chi connectivity index (χ4n) is 3.70. The maximum absolute atomic E-state index is 14.2. The van der Waals surface area contributed by atoms with Gasteiger partial charge < -0.3 is 25.0 Å². The molecule has 0 aromatic heterocycles. The first-order chi connectivity index (χ1) is 17.3. The first-order valence-corrected chi connectivity index (χ1v) is 12.7. The third-order valence-corrected chi connectivity index (χ3v) is 6.09. The van der Waals surface area contributed by atoms with Gasteiger partial charge in [0.25, 0.3) is 0 Å². The Morgan fingerprint density at radius 1 is 1.11 bits per heavy atom. The number of nitrogens with zero attached hydrogens (tertiary/aromatic N) is 1. The van der Waals surface area contributed by atoms with E-state index in [1.807, 2.05) is 33.8 Å². The first kappa shape index (κ1) is 31.7. The second-order valence-corrected chi connectivity index (χ2v) is 10.1. The zero-order chi connectivity index (χ0) is 28.3. The monoisotopic (exact) mass is 517 g/mol. The molecule has 0 spiro atoms. The molecule has 1 rings (SSSR count). The zero-order valence-electron chi connectivity index (χ0n) is 23.4. The minimum Gasteiger partial charge on any atom is -0.468 e. The molecule has 0 heterocycles. The highest BCUT2D eigenvalue weighted by Gasteiger charge is 2.40. The average Bonchev–Trinajstić information content (AvgIpc) is 2.86. The molecule has 0 saturated carbocycles. The van der Waals surface area contributed by atoms with Gasteiger partial charge in [-0.25, -0.2) is 4.79 Å². The predicted molar refractivity (Wildman–Crippen MR) is 144 cm³/mol. The Balaban J connectivity index is 3.60. The number of alkyl carbamates (subject to hydrolysis) is 1. The number of carbonyl (C=O) groups excluding carboxylic acids is 4. The number of esters is 1. The molecule has 4 unspecified atom stereocenters. The van der Waals surface area contributed by atoms with Crippen molar-refractivity contribution in [3.05, 3.63) is 42.0 Å². The number of methoxy groups -OCH3 is 1. The van der Waals surface area contributed by atoms with Crippen LogP contribution in [0.1, 0.15) is 78.5 Å². The van der Waals surface area contributed by atoms with Crippen molar-refractivity contribution in [3.63, 3.8) is 0 Å². The lowest BCUT2D eigenvalue weighted by Gasteiger charge is -2.39.